The standard InChI is InChI=1S/C23H26F3N3S/c1-16-9-11-29(12-10-18(16)8-7-17-5-3-2-4-6-17)21-20-13-19(14-23(24,25)26)30-22(20)28-15-27-21/h2-6,13,15-16,18H,7-12,14H2,1H3/t16-,18+/m1/s1. The molecule has 0 N–H and O–H groups in total. The summed E-state index contributed by atoms with van der Waals surface area (Å²) in [5, 5.41) is 0.747. The molecule has 1 aromatic carbocycles. The average molecular weight is 434 g/mol. The average Bonchev–Trinajstić information content (AvgIpc) is 3.01. The summed E-state index contributed by atoms with van der Waals surface area (Å²) in [4.78, 5) is 11.9. The molecule has 30 heavy (non-hydrogen) atoms. The second kappa shape index (κ2) is 8.92. The lowest BCUT2D eigenvalue weighted by atomic mass is 9.85. The number of benzene rings is 1. The van der Waals surface area contributed by atoms with Crippen LogP contribution in [0.5, 0.6) is 0 Å². The van der Waals surface area contributed by atoms with Crippen molar-refractivity contribution < 1.29 is 13.2 Å². The fourth-order valence-corrected chi connectivity index (χ4v) is 5.40. The zero-order valence-corrected chi connectivity index (χ0v) is 17.8. The number of aromatic nitrogens is 2. The minimum Gasteiger partial charge on any atom is -0.356 e. The number of anilines is 1. The molecule has 160 valence electrons. The lowest BCUT2D eigenvalue weighted by molar-refractivity contribution is -0.126. The van der Waals surface area contributed by atoms with Gasteiger partial charge in [0.05, 0.1) is 11.8 Å². The maximum absolute atomic E-state index is 12.8. The molecule has 2 atom stereocenters. The van der Waals surface area contributed by atoms with E-state index < -0.39 is 12.6 Å². The Hall–Kier alpha value is -2.15. The van der Waals surface area contributed by atoms with Gasteiger partial charge in [0.15, 0.2) is 0 Å². The van der Waals surface area contributed by atoms with E-state index in [0.29, 0.717) is 21.5 Å². The summed E-state index contributed by atoms with van der Waals surface area (Å²) >= 11 is 1.12. The van der Waals surface area contributed by atoms with Gasteiger partial charge in [0.1, 0.15) is 17.0 Å². The molecule has 3 nitrogen and oxygen atoms in total. The number of hydrogen-bond donors (Lipinski definition) is 0. The van der Waals surface area contributed by atoms with Gasteiger partial charge >= 0.3 is 6.18 Å². The third-order valence-corrected chi connectivity index (χ3v) is 7.15. The van der Waals surface area contributed by atoms with E-state index in [1.807, 2.05) is 6.07 Å². The van der Waals surface area contributed by atoms with Crippen molar-refractivity contribution in [1.82, 2.24) is 9.97 Å². The number of alkyl halides is 3. The van der Waals surface area contributed by atoms with Crippen LogP contribution >= 0.6 is 11.3 Å². The lowest BCUT2D eigenvalue weighted by Crippen LogP contribution is -2.25. The summed E-state index contributed by atoms with van der Waals surface area (Å²) in [5.74, 6) is 2.02. The SMILES string of the molecule is C[C@@H]1CCN(c2ncnc3sc(CC(F)(F)F)cc23)CC[C@@H]1CCc1ccccc1. The van der Waals surface area contributed by atoms with Gasteiger partial charge in [-0.25, -0.2) is 9.97 Å². The molecule has 4 rings (SSSR count). The molecule has 1 aliphatic rings. The molecule has 7 heteroatoms. The maximum Gasteiger partial charge on any atom is 0.393 e. The van der Waals surface area contributed by atoms with Crippen molar-refractivity contribution in [2.45, 2.75) is 45.2 Å². The van der Waals surface area contributed by atoms with Crippen molar-refractivity contribution >= 4 is 27.4 Å². The molecule has 0 bridgehead atoms. The maximum atomic E-state index is 12.8. The predicted octanol–water partition coefficient (Wildman–Crippen LogP) is 6.28. The third kappa shape index (κ3) is 5.12. The Labute approximate surface area is 179 Å². The topological polar surface area (TPSA) is 29.0 Å². The Kier molecular flexibility index (Phi) is 6.27. The highest BCUT2D eigenvalue weighted by atomic mass is 32.1. The van der Waals surface area contributed by atoms with Crippen LogP contribution < -0.4 is 4.90 Å². The molecule has 1 fully saturated rings. The highest BCUT2D eigenvalue weighted by Gasteiger charge is 2.30. The van der Waals surface area contributed by atoms with Crippen molar-refractivity contribution in [2.24, 2.45) is 11.8 Å². The summed E-state index contributed by atoms with van der Waals surface area (Å²) in [5.41, 5.74) is 1.37. The van der Waals surface area contributed by atoms with Gasteiger partial charge in [-0.2, -0.15) is 13.2 Å². The van der Waals surface area contributed by atoms with Crippen LogP contribution in [0.4, 0.5) is 19.0 Å². The molecule has 0 aliphatic carbocycles. The van der Waals surface area contributed by atoms with E-state index in [9.17, 15) is 13.2 Å². The van der Waals surface area contributed by atoms with Gasteiger partial charge < -0.3 is 4.90 Å². The normalized spacial score (nSPS) is 20.5. The first-order valence-corrected chi connectivity index (χ1v) is 11.3. The first-order chi connectivity index (χ1) is 14.4. The predicted molar refractivity (Wildman–Crippen MR) is 116 cm³/mol. The van der Waals surface area contributed by atoms with Crippen molar-refractivity contribution in [3.05, 3.63) is 53.2 Å². The van der Waals surface area contributed by atoms with E-state index in [4.69, 9.17) is 0 Å². The van der Waals surface area contributed by atoms with Crippen molar-refractivity contribution in [3.8, 4) is 0 Å². The van der Waals surface area contributed by atoms with Gasteiger partial charge in [0.2, 0.25) is 0 Å². The Morgan fingerprint density at radius 2 is 1.87 bits per heavy atom. The Morgan fingerprint density at radius 3 is 2.63 bits per heavy atom. The van der Waals surface area contributed by atoms with Crippen LogP contribution in [0, 0.1) is 11.8 Å². The smallest absolute Gasteiger partial charge is 0.356 e. The Bertz CT molecular complexity index is 971. The summed E-state index contributed by atoms with van der Waals surface area (Å²) in [7, 11) is 0. The fraction of sp³-hybridized carbons (Fsp3) is 0.478. The number of halogens is 3. The number of aryl methyl sites for hydroxylation is 1. The van der Waals surface area contributed by atoms with Crippen molar-refractivity contribution in [2.75, 3.05) is 18.0 Å². The number of thiophene rings is 1. The largest absolute Gasteiger partial charge is 0.393 e. The van der Waals surface area contributed by atoms with Gasteiger partial charge in [0, 0.05) is 18.0 Å². The second-order valence-corrected chi connectivity index (χ2v) is 9.36. The molecule has 0 saturated carbocycles. The summed E-state index contributed by atoms with van der Waals surface area (Å²) < 4.78 is 38.5. The number of rotatable bonds is 5. The molecule has 0 spiro atoms. The molecular weight excluding hydrogens is 407 g/mol. The molecule has 3 heterocycles. The molecule has 0 amide bonds. The van der Waals surface area contributed by atoms with E-state index in [-0.39, 0.29) is 0 Å². The molecule has 0 radical (unpaired) electrons. The monoisotopic (exact) mass is 433 g/mol. The lowest BCUT2D eigenvalue weighted by Gasteiger charge is -2.22. The van der Waals surface area contributed by atoms with Gasteiger partial charge in [-0.1, -0.05) is 37.3 Å². The van der Waals surface area contributed by atoms with Crippen LogP contribution in [0.15, 0.2) is 42.7 Å². The zero-order chi connectivity index (χ0) is 21.1. The van der Waals surface area contributed by atoms with Gasteiger partial charge in [-0.15, -0.1) is 11.3 Å². The highest BCUT2D eigenvalue weighted by molar-refractivity contribution is 7.18. The minimum atomic E-state index is -4.21. The van der Waals surface area contributed by atoms with Crippen LogP contribution in [-0.4, -0.2) is 29.2 Å². The first kappa shape index (κ1) is 21.1. The van der Waals surface area contributed by atoms with Crippen molar-refractivity contribution in [1.29, 1.82) is 0 Å². The highest BCUT2D eigenvalue weighted by Crippen LogP contribution is 2.36. The molecule has 2 aromatic heterocycles. The van der Waals surface area contributed by atoms with Gasteiger partial charge in [-0.05, 0) is 49.1 Å². The molecule has 1 aliphatic heterocycles. The molecule has 0 unspecified atom stereocenters. The molecule has 1 saturated heterocycles. The van der Waals surface area contributed by atoms with E-state index in [0.717, 1.165) is 61.3 Å². The van der Waals surface area contributed by atoms with E-state index in [2.05, 4.69) is 46.1 Å². The Morgan fingerprint density at radius 1 is 1.10 bits per heavy atom. The molecule has 3 aromatic rings. The van der Waals surface area contributed by atoms with Crippen LogP contribution in [-0.2, 0) is 12.8 Å². The van der Waals surface area contributed by atoms with E-state index in [1.54, 1.807) is 6.07 Å². The van der Waals surface area contributed by atoms with Crippen LogP contribution in [0.2, 0.25) is 0 Å². The Balaban J connectivity index is 1.47. The third-order valence-electron chi connectivity index (χ3n) is 6.11. The van der Waals surface area contributed by atoms with Crippen LogP contribution in [0.1, 0.15) is 36.6 Å². The number of hydrogen-bond acceptors (Lipinski definition) is 4. The van der Waals surface area contributed by atoms with Gasteiger partial charge in [0.25, 0.3) is 0 Å². The van der Waals surface area contributed by atoms with Crippen LogP contribution in [0.25, 0.3) is 10.2 Å². The van der Waals surface area contributed by atoms with E-state index >= 15 is 0 Å². The fourth-order valence-electron chi connectivity index (χ4n) is 4.38. The van der Waals surface area contributed by atoms with Crippen molar-refractivity contribution in [3.63, 3.8) is 0 Å². The summed E-state index contributed by atoms with van der Waals surface area (Å²) in [6, 6.07) is 12.2. The first-order valence-electron chi connectivity index (χ1n) is 10.5. The number of fused-ring (bicyclic) bond motifs is 1. The molecular formula is C23H26F3N3S. The zero-order valence-electron chi connectivity index (χ0n) is 17.0. The van der Waals surface area contributed by atoms with Crippen LogP contribution in [0.3, 0.4) is 0 Å². The number of nitrogens with zero attached hydrogens (tertiary/aromatic N) is 3. The second-order valence-electron chi connectivity index (χ2n) is 8.25. The summed E-state index contributed by atoms with van der Waals surface area (Å²) in [6.07, 6.45) is 0.728. The van der Waals surface area contributed by atoms with E-state index in [1.165, 1.54) is 11.9 Å². The van der Waals surface area contributed by atoms with Gasteiger partial charge in [-0.3, -0.25) is 0 Å². The minimum absolute atomic E-state index is 0.295. The quantitative estimate of drug-likeness (QED) is 0.474. The summed E-state index contributed by atoms with van der Waals surface area (Å²) in [6.45, 7) is 4.07.